The zero-order chi connectivity index (χ0) is 22.8. The predicted molar refractivity (Wildman–Crippen MR) is 132 cm³/mol. The van der Waals surface area contributed by atoms with Crippen LogP contribution in [0.4, 0.5) is 0 Å². The summed E-state index contributed by atoms with van der Waals surface area (Å²) in [5, 5.41) is 4.46. The van der Waals surface area contributed by atoms with E-state index in [1.54, 1.807) is 0 Å². The molecule has 0 radical (unpaired) electrons. The summed E-state index contributed by atoms with van der Waals surface area (Å²) in [5.74, 6) is 2.22. The topological polar surface area (TPSA) is 65.7 Å². The quantitative estimate of drug-likeness (QED) is 0.373. The van der Waals surface area contributed by atoms with E-state index < -0.39 is 0 Å². The first kappa shape index (κ1) is 21.4. The minimum absolute atomic E-state index is 0.139. The highest BCUT2D eigenvalue weighted by Crippen LogP contribution is 2.29. The van der Waals surface area contributed by atoms with E-state index in [0.29, 0.717) is 15.3 Å². The smallest absolute Gasteiger partial charge is 0.291 e. The summed E-state index contributed by atoms with van der Waals surface area (Å²) in [5.41, 5.74) is 2.64. The van der Waals surface area contributed by atoms with Crippen molar-refractivity contribution < 1.29 is 9.47 Å². The first-order valence-corrected chi connectivity index (χ1v) is 12.1. The summed E-state index contributed by atoms with van der Waals surface area (Å²) < 4.78 is 13.7. The van der Waals surface area contributed by atoms with E-state index in [-0.39, 0.29) is 11.7 Å². The van der Waals surface area contributed by atoms with Gasteiger partial charge < -0.3 is 9.47 Å². The van der Waals surface area contributed by atoms with Gasteiger partial charge in [-0.25, -0.2) is 0 Å². The van der Waals surface area contributed by atoms with Crippen molar-refractivity contribution >= 4 is 28.4 Å². The predicted octanol–water partition coefficient (Wildman–Crippen LogP) is 4.75. The average Bonchev–Trinajstić information content (AvgIpc) is 3.37. The van der Waals surface area contributed by atoms with Gasteiger partial charge in [-0.1, -0.05) is 49.3 Å². The second-order valence-electron chi connectivity index (χ2n) is 8.07. The van der Waals surface area contributed by atoms with E-state index in [1.807, 2.05) is 61.5 Å². The maximum absolute atomic E-state index is 13.0. The number of thiazole rings is 1. The number of nitrogens with zero attached hydrogens (tertiary/aromatic N) is 3. The van der Waals surface area contributed by atoms with Gasteiger partial charge in [0.1, 0.15) is 17.6 Å². The van der Waals surface area contributed by atoms with Crippen LogP contribution in [0.2, 0.25) is 0 Å². The lowest BCUT2D eigenvalue weighted by atomic mass is 10.0. The zero-order valence-corrected chi connectivity index (χ0v) is 19.5. The average molecular weight is 460 g/mol. The number of hydrogen-bond acceptors (Lipinski definition) is 6. The van der Waals surface area contributed by atoms with Crippen LogP contribution in [0.3, 0.4) is 0 Å². The summed E-state index contributed by atoms with van der Waals surface area (Å²) in [4.78, 5) is 18.1. The molecule has 1 atom stereocenters. The Kier molecular flexibility index (Phi) is 5.96. The van der Waals surface area contributed by atoms with Crippen molar-refractivity contribution in [3.63, 3.8) is 0 Å². The molecular formula is C26H25N3O3S. The second-order valence-corrected chi connectivity index (χ2v) is 9.08. The Morgan fingerprint density at radius 1 is 1.15 bits per heavy atom. The van der Waals surface area contributed by atoms with Crippen LogP contribution in [0.5, 0.6) is 11.5 Å². The normalized spacial score (nSPS) is 15.9. The van der Waals surface area contributed by atoms with Gasteiger partial charge in [-0.05, 0) is 61.4 Å². The molecule has 0 saturated heterocycles. The lowest BCUT2D eigenvalue weighted by Crippen LogP contribution is -2.26. The second kappa shape index (κ2) is 9.19. The number of unbranched alkanes of at least 4 members (excludes halogenated alkanes) is 2. The van der Waals surface area contributed by atoms with Crippen molar-refractivity contribution in [2.24, 2.45) is 0 Å². The summed E-state index contributed by atoms with van der Waals surface area (Å²) in [7, 11) is 0. The highest BCUT2D eigenvalue weighted by molar-refractivity contribution is 7.15. The molecule has 6 nitrogen and oxygen atoms in total. The van der Waals surface area contributed by atoms with E-state index >= 15 is 0 Å². The summed E-state index contributed by atoms with van der Waals surface area (Å²) in [6.07, 6.45) is 7.20. The summed E-state index contributed by atoms with van der Waals surface area (Å²) in [6, 6.07) is 15.6. The maximum atomic E-state index is 13.0. The summed E-state index contributed by atoms with van der Waals surface area (Å²) in [6.45, 7) is 4.87. The Bertz CT molecular complexity index is 1420. The number of para-hydroxylation sites is 1. The third-order valence-electron chi connectivity index (χ3n) is 5.62. The molecule has 168 valence electrons. The number of ether oxygens (including phenoxy) is 2. The molecule has 4 aromatic rings. The molecule has 2 aromatic heterocycles. The van der Waals surface area contributed by atoms with E-state index in [2.05, 4.69) is 23.1 Å². The first-order chi connectivity index (χ1) is 16.1. The van der Waals surface area contributed by atoms with Gasteiger partial charge in [0.25, 0.3) is 5.56 Å². The van der Waals surface area contributed by atoms with Crippen LogP contribution < -0.4 is 19.6 Å². The monoisotopic (exact) mass is 459 g/mol. The van der Waals surface area contributed by atoms with Gasteiger partial charge in [0.15, 0.2) is 5.82 Å². The van der Waals surface area contributed by atoms with Crippen molar-refractivity contribution in [3.8, 4) is 22.9 Å². The van der Waals surface area contributed by atoms with Crippen LogP contribution in [-0.2, 0) is 0 Å². The third-order valence-corrected chi connectivity index (χ3v) is 6.58. The van der Waals surface area contributed by atoms with Crippen LogP contribution in [0.1, 0.15) is 38.7 Å². The minimum atomic E-state index is -0.170. The molecule has 3 heterocycles. The van der Waals surface area contributed by atoms with E-state index in [0.717, 1.165) is 41.2 Å². The fraction of sp³-hybridized carbons (Fsp3) is 0.269. The highest BCUT2D eigenvalue weighted by Gasteiger charge is 2.18. The highest BCUT2D eigenvalue weighted by atomic mass is 32.1. The lowest BCUT2D eigenvalue weighted by molar-refractivity contribution is 0.259. The van der Waals surface area contributed by atoms with E-state index in [4.69, 9.17) is 9.47 Å². The molecular weight excluding hydrogens is 434 g/mol. The van der Waals surface area contributed by atoms with Crippen molar-refractivity contribution in [1.29, 1.82) is 0 Å². The first-order valence-electron chi connectivity index (χ1n) is 11.2. The molecule has 0 spiro atoms. The largest absolute Gasteiger partial charge is 0.494 e. The Morgan fingerprint density at radius 2 is 1.97 bits per heavy atom. The fourth-order valence-electron chi connectivity index (χ4n) is 3.77. The van der Waals surface area contributed by atoms with Gasteiger partial charge in [-0.2, -0.15) is 9.50 Å². The van der Waals surface area contributed by atoms with Gasteiger partial charge in [0, 0.05) is 11.1 Å². The maximum Gasteiger partial charge on any atom is 0.291 e. The van der Waals surface area contributed by atoms with Gasteiger partial charge in [0.05, 0.1) is 11.1 Å². The third kappa shape index (κ3) is 4.41. The Morgan fingerprint density at radius 3 is 2.76 bits per heavy atom. The van der Waals surface area contributed by atoms with Crippen molar-refractivity contribution in [1.82, 2.24) is 14.6 Å². The molecule has 0 saturated carbocycles. The number of aromatic nitrogens is 3. The molecule has 1 aliphatic heterocycles. The van der Waals surface area contributed by atoms with Crippen LogP contribution in [0.15, 0.2) is 58.9 Å². The van der Waals surface area contributed by atoms with Gasteiger partial charge >= 0.3 is 0 Å². The molecule has 0 aliphatic carbocycles. The molecule has 0 bridgehead atoms. The van der Waals surface area contributed by atoms with Crippen LogP contribution in [0.25, 0.3) is 28.5 Å². The molecule has 1 aliphatic rings. The molecule has 0 amide bonds. The van der Waals surface area contributed by atoms with Crippen LogP contribution in [0, 0.1) is 0 Å². The van der Waals surface area contributed by atoms with Crippen molar-refractivity contribution in [2.75, 3.05) is 6.61 Å². The summed E-state index contributed by atoms with van der Waals surface area (Å²) >= 11 is 1.34. The van der Waals surface area contributed by atoms with Crippen LogP contribution >= 0.6 is 11.3 Å². The number of benzene rings is 2. The van der Waals surface area contributed by atoms with E-state index in [9.17, 15) is 4.79 Å². The molecule has 7 heteroatoms. The SMILES string of the molecule is CCCCCOc1ccc(-c2nc3s/c(=C/C4=Cc5ccccc5O[C@@H]4C)c(=O)n3n2)cc1. The van der Waals surface area contributed by atoms with Crippen molar-refractivity contribution in [3.05, 3.63) is 74.6 Å². The standard InChI is InChI=1S/C26H25N3O3S/c1-3-4-7-14-31-21-12-10-18(11-13-21)24-27-26-29(28-24)25(30)23(33-26)16-20-15-19-8-5-6-9-22(19)32-17(20)2/h5-6,8-13,15-17H,3-4,7,14H2,1-2H3/b23-16+/t17-/m1/s1. The minimum Gasteiger partial charge on any atom is -0.494 e. The van der Waals surface area contributed by atoms with Gasteiger partial charge in [-0.15, -0.1) is 5.10 Å². The van der Waals surface area contributed by atoms with E-state index in [1.165, 1.54) is 28.7 Å². The number of rotatable bonds is 7. The Balaban J connectivity index is 1.39. The number of fused-ring (bicyclic) bond motifs is 2. The van der Waals surface area contributed by atoms with Gasteiger partial charge in [-0.3, -0.25) is 4.79 Å². The molecule has 0 fully saturated rings. The molecule has 0 N–H and O–H groups in total. The lowest BCUT2D eigenvalue weighted by Gasteiger charge is -2.22. The van der Waals surface area contributed by atoms with Crippen LogP contribution in [-0.4, -0.2) is 27.3 Å². The van der Waals surface area contributed by atoms with Gasteiger partial charge in [0.2, 0.25) is 4.96 Å². The Labute approximate surface area is 195 Å². The fourth-order valence-corrected chi connectivity index (χ4v) is 4.68. The Hall–Kier alpha value is -3.45. The molecule has 33 heavy (non-hydrogen) atoms. The van der Waals surface area contributed by atoms with Crippen molar-refractivity contribution in [2.45, 2.75) is 39.2 Å². The molecule has 2 aromatic carbocycles. The number of hydrogen-bond donors (Lipinski definition) is 0. The molecule has 5 rings (SSSR count). The molecule has 0 unspecified atom stereocenters. The zero-order valence-electron chi connectivity index (χ0n) is 18.7.